The van der Waals surface area contributed by atoms with Crippen molar-refractivity contribution in [2.45, 2.75) is 35.5 Å². The van der Waals surface area contributed by atoms with E-state index in [0.717, 1.165) is 25.7 Å². The summed E-state index contributed by atoms with van der Waals surface area (Å²) in [4.78, 5) is 0.0452. The number of nitrogens with zero attached hydrogens (tertiary/aromatic N) is 1. The maximum absolute atomic E-state index is 13.1. The zero-order chi connectivity index (χ0) is 21.8. The van der Waals surface area contributed by atoms with Crippen LogP contribution in [0.2, 0.25) is 0 Å². The molecule has 30 heavy (non-hydrogen) atoms. The van der Waals surface area contributed by atoms with Gasteiger partial charge in [0.1, 0.15) is 11.5 Å². The third-order valence-electron chi connectivity index (χ3n) is 4.99. The Morgan fingerprint density at radius 3 is 1.97 bits per heavy atom. The Morgan fingerprint density at radius 1 is 0.800 bits per heavy atom. The molecule has 8 nitrogen and oxygen atoms in total. The first-order valence-electron chi connectivity index (χ1n) is 9.63. The molecule has 0 bridgehead atoms. The van der Waals surface area contributed by atoms with Gasteiger partial charge < -0.3 is 9.47 Å². The number of sulfonamides is 2. The zero-order valence-electron chi connectivity index (χ0n) is 17.0. The fourth-order valence-corrected chi connectivity index (χ4v) is 5.92. The van der Waals surface area contributed by atoms with E-state index >= 15 is 0 Å². The summed E-state index contributed by atoms with van der Waals surface area (Å²) < 4.78 is 66.0. The predicted octanol–water partition coefficient (Wildman–Crippen LogP) is 3.07. The summed E-state index contributed by atoms with van der Waals surface area (Å²) in [6.07, 6.45) is 3.63. The standard InChI is InChI=1S/C20H26N2O6S2/c1-27-16-7-9-17(10-8-16)29(23,24)21-19-15-18(11-12-20(19)28-2)30(25,26)22-13-5-3-4-6-14-22/h7-12,15,21H,3-6,13-14H2,1-2H3. The molecule has 10 heteroatoms. The van der Waals surface area contributed by atoms with Gasteiger partial charge in [0.2, 0.25) is 10.0 Å². The van der Waals surface area contributed by atoms with Crippen LogP contribution in [0.3, 0.4) is 0 Å². The van der Waals surface area contributed by atoms with Crippen molar-refractivity contribution in [3.05, 3.63) is 42.5 Å². The molecular formula is C20H26N2O6S2. The molecule has 0 spiro atoms. The third kappa shape index (κ3) is 4.88. The molecule has 0 radical (unpaired) electrons. The maximum atomic E-state index is 13.1. The zero-order valence-corrected chi connectivity index (χ0v) is 18.6. The summed E-state index contributed by atoms with van der Waals surface area (Å²) in [6.45, 7) is 0.919. The van der Waals surface area contributed by atoms with Crippen LogP contribution in [0.15, 0.2) is 52.3 Å². The van der Waals surface area contributed by atoms with Crippen LogP contribution in [0.4, 0.5) is 5.69 Å². The molecule has 1 aliphatic rings. The van der Waals surface area contributed by atoms with Crippen molar-refractivity contribution in [3.8, 4) is 11.5 Å². The van der Waals surface area contributed by atoms with Gasteiger partial charge in [0, 0.05) is 13.1 Å². The molecular weight excluding hydrogens is 428 g/mol. The van der Waals surface area contributed by atoms with Crippen molar-refractivity contribution in [1.29, 1.82) is 0 Å². The van der Waals surface area contributed by atoms with E-state index in [9.17, 15) is 16.8 Å². The highest BCUT2D eigenvalue weighted by Crippen LogP contribution is 2.31. The molecule has 1 N–H and O–H groups in total. The van der Waals surface area contributed by atoms with E-state index in [1.165, 1.54) is 61.0 Å². The number of methoxy groups -OCH3 is 2. The Kier molecular flexibility index (Phi) is 6.89. The summed E-state index contributed by atoms with van der Waals surface area (Å²) in [5.41, 5.74) is 0.0595. The number of nitrogens with one attached hydrogen (secondary N) is 1. The minimum Gasteiger partial charge on any atom is -0.497 e. The highest BCUT2D eigenvalue weighted by molar-refractivity contribution is 7.92. The monoisotopic (exact) mass is 454 g/mol. The SMILES string of the molecule is COc1ccc(S(=O)(=O)Nc2cc(S(=O)(=O)N3CCCCCC3)ccc2OC)cc1. The van der Waals surface area contributed by atoms with Gasteiger partial charge in [-0.2, -0.15) is 4.31 Å². The first-order valence-corrected chi connectivity index (χ1v) is 12.6. The second-order valence-electron chi connectivity index (χ2n) is 6.96. The Balaban J connectivity index is 1.94. The lowest BCUT2D eigenvalue weighted by atomic mass is 10.2. The van der Waals surface area contributed by atoms with E-state index in [1.54, 1.807) is 0 Å². The summed E-state index contributed by atoms with van der Waals surface area (Å²) in [5, 5.41) is 0. The highest BCUT2D eigenvalue weighted by atomic mass is 32.2. The van der Waals surface area contributed by atoms with Gasteiger partial charge in [-0.1, -0.05) is 12.8 Å². The second-order valence-corrected chi connectivity index (χ2v) is 10.6. The fourth-order valence-electron chi connectivity index (χ4n) is 3.32. The number of hydrogen-bond acceptors (Lipinski definition) is 6. The molecule has 1 fully saturated rings. The van der Waals surface area contributed by atoms with Gasteiger partial charge in [-0.3, -0.25) is 4.72 Å². The Bertz CT molecular complexity index is 1070. The third-order valence-corrected chi connectivity index (χ3v) is 8.26. The molecule has 0 saturated carbocycles. The fraction of sp³-hybridized carbons (Fsp3) is 0.400. The average molecular weight is 455 g/mol. The van der Waals surface area contributed by atoms with Gasteiger partial charge in [0.25, 0.3) is 10.0 Å². The molecule has 1 heterocycles. The van der Waals surface area contributed by atoms with E-state index < -0.39 is 20.0 Å². The Labute approximate surface area is 177 Å². The van der Waals surface area contributed by atoms with Crippen molar-refractivity contribution >= 4 is 25.7 Å². The largest absolute Gasteiger partial charge is 0.497 e. The maximum Gasteiger partial charge on any atom is 0.262 e. The van der Waals surface area contributed by atoms with E-state index in [1.807, 2.05) is 0 Å². The quantitative estimate of drug-likeness (QED) is 0.690. The van der Waals surface area contributed by atoms with Gasteiger partial charge >= 0.3 is 0 Å². The van der Waals surface area contributed by atoms with Crippen molar-refractivity contribution in [2.24, 2.45) is 0 Å². The van der Waals surface area contributed by atoms with Crippen LogP contribution in [0, 0.1) is 0 Å². The lowest BCUT2D eigenvalue weighted by Gasteiger charge is -2.21. The van der Waals surface area contributed by atoms with Gasteiger partial charge in [0.05, 0.1) is 29.7 Å². The molecule has 2 aromatic carbocycles. The van der Waals surface area contributed by atoms with Crippen molar-refractivity contribution < 1.29 is 26.3 Å². The van der Waals surface area contributed by atoms with Crippen molar-refractivity contribution in [3.63, 3.8) is 0 Å². The smallest absolute Gasteiger partial charge is 0.262 e. The minimum atomic E-state index is -3.96. The number of ether oxygens (including phenoxy) is 2. The van der Waals surface area contributed by atoms with E-state index in [2.05, 4.69) is 4.72 Å². The normalized spacial score (nSPS) is 15.9. The van der Waals surface area contributed by atoms with Crippen molar-refractivity contribution in [2.75, 3.05) is 32.0 Å². The number of anilines is 1. The van der Waals surface area contributed by atoms with Crippen LogP contribution in [-0.2, 0) is 20.0 Å². The first-order chi connectivity index (χ1) is 14.3. The molecule has 0 unspecified atom stereocenters. The van der Waals surface area contributed by atoms with Crippen molar-refractivity contribution in [1.82, 2.24) is 4.31 Å². The topological polar surface area (TPSA) is 102 Å². The molecule has 0 aromatic heterocycles. The molecule has 0 atom stereocenters. The van der Waals surface area contributed by atoms with E-state index in [4.69, 9.17) is 9.47 Å². The molecule has 2 aromatic rings. The molecule has 1 aliphatic heterocycles. The van der Waals surface area contributed by atoms with Crippen LogP contribution in [-0.4, -0.2) is 48.4 Å². The van der Waals surface area contributed by atoms with E-state index in [-0.39, 0.29) is 21.2 Å². The highest BCUT2D eigenvalue weighted by Gasteiger charge is 2.27. The number of rotatable bonds is 7. The lowest BCUT2D eigenvalue weighted by Crippen LogP contribution is -2.32. The van der Waals surface area contributed by atoms with Gasteiger partial charge in [0.15, 0.2) is 0 Å². The molecule has 164 valence electrons. The molecule has 0 aliphatic carbocycles. The number of hydrogen-bond donors (Lipinski definition) is 1. The van der Waals surface area contributed by atoms with Gasteiger partial charge in [-0.15, -0.1) is 0 Å². The van der Waals surface area contributed by atoms with Gasteiger partial charge in [-0.25, -0.2) is 16.8 Å². The summed E-state index contributed by atoms with van der Waals surface area (Å²) in [7, 11) is -4.81. The Hall–Kier alpha value is -2.30. The minimum absolute atomic E-state index is 0.0196. The predicted molar refractivity (Wildman–Crippen MR) is 114 cm³/mol. The van der Waals surface area contributed by atoms with Crippen LogP contribution < -0.4 is 14.2 Å². The lowest BCUT2D eigenvalue weighted by molar-refractivity contribution is 0.414. The van der Waals surface area contributed by atoms with Gasteiger partial charge in [-0.05, 0) is 55.3 Å². The van der Waals surface area contributed by atoms with Crippen LogP contribution in [0.1, 0.15) is 25.7 Å². The first kappa shape index (κ1) is 22.4. The summed E-state index contributed by atoms with van der Waals surface area (Å²) in [5.74, 6) is 0.749. The van der Waals surface area contributed by atoms with Crippen LogP contribution >= 0.6 is 0 Å². The summed E-state index contributed by atoms with van der Waals surface area (Å²) in [6, 6.07) is 10.1. The molecule has 0 amide bonds. The van der Waals surface area contributed by atoms with Crippen LogP contribution in [0.25, 0.3) is 0 Å². The number of benzene rings is 2. The second kappa shape index (κ2) is 9.23. The Morgan fingerprint density at radius 2 is 1.40 bits per heavy atom. The summed E-state index contributed by atoms with van der Waals surface area (Å²) >= 11 is 0. The van der Waals surface area contributed by atoms with Crippen LogP contribution in [0.5, 0.6) is 11.5 Å². The molecule has 1 saturated heterocycles. The van der Waals surface area contributed by atoms with E-state index in [0.29, 0.717) is 18.8 Å². The molecule has 3 rings (SSSR count). The average Bonchev–Trinajstić information content (AvgIpc) is 3.03.